The van der Waals surface area contributed by atoms with Crippen LogP contribution in [0, 0.1) is 5.92 Å². The van der Waals surface area contributed by atoms with Gasteiger partial charge >= 0.3 is 13.2 Å². The molecule has 0 spiro atoms. The third kappa shape index (κ3) is 6.19. The van der Waals surface area contributed by atoms with Crippen molar-refractivity contribution in [2.75, 3.05) is 39.4 Å². The Morgan fingerprint density at radius 2 is 1.85 bits per heavy atom. The average Bonchev–Trinajstić information content (AvgIpc) is 3.20. The summed E-state index contributed by atoms with van der Waals surface area (Å²) in [5.74, 6) is -1.27. The highest BCUT2D eigenvalue weighted by Crippen LogP contribution is 2.37. The maximum atomic E-state index is 15.0. The normalized spacial score (nSPS) is 37.4. The van der Waals surface area contributed by atoms with Crippen molar-refractivity contribution < 1.29 is 37.9 Å². The van der Waals surface area contributed by atoms with E-state index in [4.69, 9.17) is 9.47 Å². The molecule has 6 unspecified atom stereocenters. The summed E-state index contributed by atoms with van der Waals surface area (Å²) in [7, 11) is -1.53. The van der Waals surface area contributed by atoms with Crippen LogP contribution < -0.4 is 5.32 Å². The van der Waals surface area contributed by atoms with Gasteiger partial charge < -0.3 is 29.7 Å². The minimum absolute atomic E-state index is 0.00881. The van der Waals surface area contributed by atoms with Gasteiger partial charge in [0.25, 0.3) is 0 Å². The van der Waals surface area contributed by atoms with E-state index in [0.717, 1.165) is 13.1 Å². The van der Waals surface area contributed by atoms with Crippen molar-refractivity contribution in [2.24, 2.45) is 5.92 Å². The van der Waals surface area contributed by atoms with Crippen LogP contribution in [0.25, 0.3) is 0 Å². The number of hydrogen-bond acceptors (Lipinski definition) is 7. The van der Waals surface area contributed by atoms with E-state index in [0.29, 0.717) is 45.4 Å². The van der Waals surface area contributed by atoms with Crippen molar-refractivity contribution in [3.05, 3.63) is 0 Å². The molecule has 3 N–H and O–H groups in total. The number of cyclic esters (lactones) is 1. The molecule has 34 heavy (non-hydrogen) atoms. The van der Waals surface area contributed by atoms with Gasteiger partial charge in [-0.05, 0) is 37.4 Å². The van der Waals surface area contributed by atoms with Gasteiger partial charge in [-0.15, -0.1) is 0 Å². The molecule has 0 aromatic rings. The SMILES string of the molecule is O=C(CC1CCC(B(O)O)CC1F)NC[C@H]1CN(C2CCC(N3CCOCC3)C(F)C2)C(=O)O1. The van der Waals surface area contributed by atoms with Crippen LogP contribution in [0.1, 0.15) is 44.9 Å². The van der Waals surface area contributed by atoms with Crippen LogP contribution in [0.5, 0.6) is 0 Å². The molecule has 2 aliphatic carbocycles. The summed E-state index contributed by atoms with van der Waals surface area (Å²) in [6.45, 7) is 3.14. The van der Waals surface area contributed by atoms with E-state index in [-0.39, 0.29) is 43.8 Å². The third-order valence-corrected chi connectivity index (χ3v) is 7.91. The molecule has 12 heteroatoms. The summed E-state index contributed by atoms with van der Waals surface area (Å²) >= 11 is 0. The molecular formula is C22H36BF2N3O6. The van der Waals surface area contributed by atoms with E-state index in [1.54, 1.807) is 4.90 Å². The molecule has 2 heterocycles. The van der Waals surface area contributed by atoms with Crippen LogP contribution in [-0.2, 0) is 14.3 Å². The molecule has 192 valence electrons. The minimum Gasteiger partial charge on any atom is -0.442 e. The smallest absolute Gasteiger partial charge is 0.442 e. The van der Waals surface area contributed by atoms with Crippen molar-refractivity contribution >= 4 is 19.1 Å². The van der Waals surface area contributed by atoms with Gasteiger partial charge in [0, 0.05) is 38.0 Å². The third-order valence-electron chi connectivity index (χ3n) is 7.91. The lowest BCUT2D eigenvalue weighted by Crippen LogP contribution is -2.53. The van der Waals surface area contributed by atoms with E-state index in [1.165, 1.54) is 0 Å². The predicted molar refractivity (Wildman–Crippen MR) is 119 cm³/mol. The topological polar surface area (TPSA) is 112 Å². The van der Waals surface area contributed by atoms with Crippen LogP contribution in [0.15, 0.2) is 0 Å². The van der Waals surface area contributed by atoms with Crippen LogP contribution in [0.4, 0.5) is 13.6 Å². The van der Waals surface area contributed by atoms with Crippen molar-refractivity contribution in [1.29, 1.82) is 0 Å². The second kappa shape index (κ2) is 11.5. The minimum atomic E-state index is -1.53. The van der Waals surface area contributed by atoms with Gasteiger partial charge in [0.1, 0.15) is 18.4 Å². The van der Waals surface area contributed by atoms with E-state index >= 15 is 0 Å². The quantitative estimate of drug-likeness (QED) is 0.458. The van der Waals surface area contributed by atoms with Crippen LogP contribution >= 0.6 is 0 Å². The summed E-state index contributed by atoms with van der Waals surface area (Å²) in [4.78, 5) is 28.5. The maximum Gasteiger partial charge on any atom is 0.454 e. The maximum absolute atomic E-state index is 15.0. The zero-order valence-corrected chi connectivity index (χ0v) is 19.5. The molecule has 2 amide bonds. The Hall–Kier alpha value is -1.50. The van der Waals surface area contributed by atoms with Crippen LogP contribution in [0.3, 0.4) is 0 Å². The number of nitrogens with zero attached hydrogens (tertiary/aromatic N) is 2. The Morgan fingerprint density at radius 3 is 2.53 bits per heavy atom. The fraction of sp³-hybridized carbons (Fsp3) is 0.909. The average molecular weight is 487 g/mol. The van der Waals surface area contributed by atoms with Gasteiger partial charge in [-0.2, -0.15) is 0 Å². The summed E-state index contributed by atoms with van der Waals surface area (Å²) in [6.07, 6.45) is -0.681. The molecular weight excluding hydrogens is 451 g/mol. The Bertz CT molecular complexity index is 716. The number of amides is 2. The number of alkyl halides is 2. The van der Waals surface area contributed by atoms with Crippen molar-refractivity contribution in [3.63, 3.8) is 0 Å². The number of carbonyl (C=O) groups excluding carboxylic acids is 2. The number of halogens is 2. The van der Waals surface area contributed by atoms with Crippen molar-refractivity contribution in [3.8, 4) is 0 Å². The molecule has 4 rings (SSSR count). The molecule has 0 bridgehead atoms. The van der Waals surface area contributed by atoms with E-state index < -0.39 is 43.4 Å². The monoisotopic (exact) mass is 487 g/mol. The molecule has 9 nitrogen and oxygen atoms in total. The van der Waals surface area contributed by atoms with Crippen molar-refractivity contribution in [1.82, 2.24) is 15.1 Å². The first kappa shape index (κ1) is 25.6. The predicted octanol–water partition coefficient (Wildman–Crippen LogP) is 0.886. The lowest BCUT2D eigenvalue weighted by molar-refractivity contribution is -0.123. The number of rotatable bonds is 7. The van der Waals surface area contributed by atoms with Gasteiger partial charge in [-0.3, -0.25) is 9.69 Å². The standard InChI is InChI=1S/C22H36BF2N3O6/c24-18-10-15(23(31)32)2-1-14(18)9-21(29)26-12-17-13-28(22(30)34-17)16-3-4-20(19(25)11-16)27-5-7-33-8-6-27/h14-20,31-32H,1-13H2,(H,26,29)/t14?,15?,16?,17-,18?,19?,20?/m0/s1. The second-order valence-electron chi connectivity index (χ2n) is 10.1. The van der Waals surface area contributed by atoms with Gasteiger partial charge in [-0.1, -0.05) is 6.42 Å². The highest BCUT2D eigenvalue weighted by molar-refractivity contribution is 6.43. The Kier molecular flexibility index (Phi) is 8.65. The van der Waals surface area contributed by atoms with Crippen LogP contribution in [0.2, 0.25) is 5.82 Å². The molecule has 0 radical (unpaired) electrons. The Morgan fingerprint density at radius 1 is 1.09 bits per heavy atom. The largest absolute Gasteiger partial charge is 0.454 e. The molecule has 2 saturated heterocycles. The molecule has 4 aliphatic rings. The van der Waals surface area contributed by atoms with Crippen molar-refractivity contribution in [2.45, 2.75) is 81.3 Å². The first-order chi connectivity index (χ1) is 16.3. The summed E-state index contributed by atoms with van der Waals surface area (Å²) in [6, 6.07) is -0.353. The van der Waals surface area contributed by atoms with Gasteiger partial charge in [0.05, 0.1) is 26.3 Å². The number of carbonyl (C=O) groups is 2. The summed E-state index contributed by atoms with van der Waals surface area (Å²) in [5.41, 5.74) is 0. The highest BCUT2D eigenvalue weighted by Gasteiger charge is 2.42. The number of ether oxygens (including phenoxy) is 2. The fourth-order valence-electron chi connectivity index (χ4n) is 5.88. The first-order valence-corrected chi connectivity index (χ1v) is 12.5. The zero-order chi connectivity index (χ0) is 24.2. The number of nitrogens with one attached hydrogen (secondary N) is 1. The Balaban J connectivity index is 1.19. The molecule has 7 atom stereocenters. The van der Waals surface area contributed by atoms with E-state index in [2.05, 4.69) is 10.2 Å². The fourth-order valence-corrected chi connectivity index (χ4v) is 5.88. The molecule has 0 aromatic heterocycles. The van der Waals surface area contributed by atoms with Gasteiger partial charge in [0.2, 0.25) is 5.91 Å². The van der Waals surface area contributed by atoms with Gasteiger partial charge in [-0.25, -0.2) is 13.6 Å². The zero-order valence-electron chi connectivity index (χ0n) is 19.5. The number of morpholine rings is 1. The summed E-state index contributed by atoms with van der Waals surface area (Å²) in [5, 5.41) is 21.2. The van der Waals surface area contributed by atoms with Crippen LogP contribution in [-0.4, -0.2) is 109 Å². The lowest BCUT2D eigenvalue weighted by atomic mass is 9.62. The second-order valence-corrected chi connectivity index (χ2v) is 10.1. The Labute approximate surface area is 199 Å². The first-order valence-electron chi connectivity index (χ1n) is 12.5. The molecule has 0 aromatic carbocycles. The number of hydrogen-bond donors (Lipinski definition) is 3. The van der Waals surface area contributed by atoms with Gasteiger partial charge in [0.15, 0.2) is 0 Å². The molecule has 4 fully saturated rings. The highest BCUT2D eigenvalue weighted by atomic mass is 19.1. The van der Waals surface area contributed by atoms with E-state index in [9.17, 15) is 28.4 Å². The molecule has 2 saturated carbocycles. The van der Waals surface area contributed by atoms with E-state index in [1.807, 2.05) is 0 Å². The lowest BCUT2D eigenvalue weighted by Gasteiger charge is -2.42. The summed E-state index contributed by atoms with van der Waals surface area (Å²) < 4.78 is 40.0. The molecule has 2 aliphatic heterocycles.